The van der Waals surface area contributed by atoms with Gasteiger partial charge in [0.05, 0.1) is 10.5 Å². The molecule has 1 saturated carbocycles. The van der Waals surface area contributed by atoms with Gasteiger partial charge in [0, 0.05) is 12.1 Å². The van der Waals surface area contributed by atoms with Crippen molar-refractivity contribution in [3.8, 4) is 0 Å². The monoisotopic (exact) mass is 283 g/mol. The van der Waals surface area contributed by atoms with Crippen LogP contribution in [0.2, 0.25) is 5.15 Å². The fraction of sp³-hybridized carbons (Fsp3) is 0.500. The Bertz CT molecular complexity index is 521. The summed E-state index contributed by atoms with van der Waals surface area (Å²) in [5.41, 5.74) is -0.191. The first kappa shape index (κ1) is 13.7. The number of carbonyl (C=O) groups excluding carboxylic acids is 1. The number of aromatic nitrogens is 1. The van der Waals surface area contributed by atoms with Gasteiger partial charge in [0.2, 0.25) is 0 Å². The SMILES string of the molecule is CC1CCCC1NC(=O)c1cc([N+](=O)[O-])cnc1Cl. The second kappa shape index (κ2) is 5.52. The van der Waals surface area contributed by atoms with Crippen molar-refractivity contribution in [1.82, 2.24) is 10.3 Å². The molecule has 0 bridgehead atoms. The quantitative estimate of drug-likeness (QED) is 0.525. The van der Waals surface area contributed by atoms with Crippen LogP contribution in [0.3, 0.4) is 0 Å². The van der Waals surface area contributed by atoms with Gasteiger partial charge >= 0.3 is 0 Å². The molecule has 1 fully saturated rings. The highest BCUT2D eigenvalue weighted by Gasteiger charge is 2.26. The highest BCUT2D eigenvalue weighted by atomic mass is 35.5. The lowest BCUT2D eigenvalue weighted by Crippen LogP contribution is -2.36. The molecule has 0 spiro atoms. The number of rotatable bonds is 3. The van der Waals surface area contributed by atoms with E-state index in [1.54, 1.807) is 0 Å². The van der Waals surface area contributed by atoms with Crippen LogP contribution in [-0.2, 0) is 0 Å². The van der Waals surface area contributed by atoms with Crippen molar-refractivity contribution in [2.24, 2.45) is 5.92 Å². The zero-order valence-corrected chi connectivity index (χ0v) is 11.2. The van der Waals surface area contributed by atoms with E-state index in [0.717, 1.165) is 31.5 Å². The molecule has 1 aliphatic rings. The van der Waals surface area contributed by atoms with Crippen LogP contribution in [0, 0.1) is 16.0 Å². The maximum Gasteiger partial charge on any atom is 0.288 e. The fourth-order valence-electron chi connectivity index (χ4n) is 2.30. The third-order valence-corrected chi connectivity index (χ3v) is 3.76. The molecule has 1 amide bonds. The molecule has 0 aromatic carbocycles. The summed E-state index contributed by atoms with van der Waals surface area (Å²) >= 11 is 5.82. The molecular weight excluding hydrogens is 270 g/mol. The molecule has 2 atom stereocenters. The number of nitrogens with one attached hydrogen (secondary N) is 1. The molecule has 7 heteroatoms. The summed E-state index contributed by atoms with van der Waals surface area (Å²) in [5, 5.41) is 13.5. The highest BCUT2D eigenvalue weighted by Crippen LogP contribution is 2.26. The standard InChI is InChI=1S/C12H14ClN3O3/c1-7-3-2-4-10(7)15-12(17)9-5-8(16(18)19)6-14-11(9)13/h5-7,10H,2-4H2,1H3,(H,15,17). The lowest BCUT2D eigenvalue weighted by molar-refractivity contribution is -0.385. The van der Waals surface area contributed by atoms with Gasteiger partial charge in [0.1, 0.15) is 11.3 Å². The predicted molar refractivity (Wildman–Crippen MR) is 70.2 cm³/mol. The van der Waals surface area contributed by atoms with Crippen molar-refractivity contribution < 1.29 is 9.72 Å². The molecule has 2 unspecified atom stereocenters. The lowest BCUT2D eigenvalue weighted by Gasteiger charge is -2.17. The third kappa shape index (κ3) is 3.01. The first-order valence-electron chi connectivity index (χ1n) is 6.10. The maximum atomic E-state index is 12.1. The van der Waals surface area contributed by atoms with Crippen LogP contribution in [-0.4, -0.2) is 21.9 Å². The van der Waals surface area contributed by atoms with Crippen molar-refractivity contribution in [2.45, 2.75) is 32.2 Å². The van der Waals surface area contributed by atoms with E-state index in [1.165, 1.54) is 0 Å². The normalized spacial score (nSPS) is 22.2. The Morgan fingerprint density at radius 1 is 1.58 bits per heavy atom. The molecule has 1 N–H and O–H groups in total. The minimum atomic E-state index is -0.599. The van der Waals surface area contributed by atoms with E-state index in [-0.39, 0.29) is 22.4 Å². The van der Waals surface area contributed by atoms with Gasteiger partial charge in [0.25, 0.3) is 11.6 Å². The number of hydrogen-bond acceptors (Lipinski definition) is 4. The topological polar surface area (TPSA) is 85.1 Å². The zero-order valence-electron chi connectivity index (χ0n) is 10.4. The largest absolute Gasteiger partial charge is 0.349 e. The number of amides is 1. The number of nitrogens with zero attached hydrogens (tertiary/aromatic N) is 2. The first-order valence-corrected chi connectivity index (χ1v) is 6.47. The third-order valence-electron chi connectivity index (χ3n) is 3.46. The van der Waals surface area contributed by atoms with Gasteiger partial charge in [-0.15, -0.1) is 0 Å². The second-order valence-corrected chi connectivity index (χ2v) is 5.14. The smallest absolute Gasteiger partial charge is 0.288 e. The van der Waals surface area contributed by atoms with Crippen LogP contribution in [0.15, 0.2) is 12.3 Å². The van der Waals surface area contributed by atoms with Gasteiger partial charge < -0.3 is 5.32 Å². The molecule has 2 rings (SSSR count). The lowest BCUT2D eigenvalue weighted by atomic mass is 10.1. The van der Waals surface area contributed by atoms with Gasteiger partial charge in [-0.25, -0.2) is 4.98 Å². The minimum absolute atomic E-state index is 0.0197. The Labute approximate surface area is 115 Å². The zero-order chi connectivity index (χ0) is 14.0. The van der Waals surface area contributed by atoms with Crippen LogP contribution in [0.25, 0.3) is 0 Å². The fourth-order valence-corrected chi connectivity index (χ4v) is 2.49. The second-order valence-electron chi connectivity index (χ2n) is 4.78. The summed E-state index contributed by atoms with van der Waals surface area (Å²) in [5.74, 6) is 0.00864. The highest BCUT2D eigenvalue weighted by molar-refractivity contribution is 6.32. The van der Waals surface area contributed by atoms with Crippen molar-refractivity contribution in [3.05, 3.63) is 33.1 Å². The molecule has 6 nitrogen and oxygen atoms in total. The number of hydrogen-bond donors (Lipinski definition) is 1. The van der Waals surface area contributed by atoms with Gasteiger partial charge in [-0.1, -0.05) is 24.9 Å². The van der Waals surface area contributed by atoms with Crippen molar-refractivity contribution >= 4 is 23.2 Å². The van der Waals surface area contributed by atoms with E-state index in [4.69, 9.17) is 11.6 Å². The maximum absolute atomic E-state index is 12.1. The predicted octanol–water partition coefficient (Wildman–Crippen LogP) is 2.56. The summed E-state index contributed by atoms with van der Waals surface area (Å²) in [4.78, 5) is 25.8. The van der Waals surface area contributed by atoms with E-state index in [9.17, 15) is 14.9 Å². The van der Waals surface area contributed by atoms with E-state index in [2.05, 4.69) is 17.2 Å². The minimum Gasteiger partial charge on any atom is -0.349 e. The van der Waals surface area contributed by atoms with E-state index in [0.29, 0.717) is 5.92 Å². The molecule has 102 valence electrons. The van der Waals surface area contributed by atoms with Crippen molar-refractivity contribution in [2.75, 3.05) is 0 Å². The van der Waals surface area contributed by atoms with E-state index >= 15 is 0 Å². The number of carbonyl (C=O) groups is 1. The van der Waals surface area contributed by atoms with Crippen molar-refractivity contribution in [1.29, 1.82) is 0 Å². The Hall–Kier alpha value is -1.69. The van der Waals surface area contributed by atoms with Gasteiger partial charge in [-0.3, -0.25) is 14.9 Å². The Morgan fingerprint density at radius 3 is 2.89 bits per heavy atom. The van der Waals surface area contributed by atoms with Crippen LogP contribution in [0.4, 0.5) is 5.69 Å². The Morgan fingerprint density at radius 2 is 2.32 bits per heavy atom. The van der Waals surface area contributed by atoms with Gasteiger partial charge in [-0.05, 0) is 18.8 Å². The molecule has 1 aromatic rings. The molecule has 0 saturated heterocycles. The van der Waals surface area contributed by atoms with Crippen LogP contribution in [0.5, 0.6) is 0 Å². The van der Waals surface area contributed by atoms with Crippen LogP contribution < -0.4 is 5.32 Å². The molecule has 0 radical (unpaired) electrons. The summed E-state index contributed by atoms with van der Waals surface area (Å²) in [7, 11) is 0. The molecule has 19 heavy (non-hydrogen) atoms. The number of pyridine rings is 1. The molecule has 1 aliphatic carbocycles. The van der Waals surface area contributed by atoms with E-state index < -0.39 is 10.8 Å². The Balaban J connectivity index is 2.18. The number of nitro groups is 1. The molecule has 1 aromatic heterocycles. The summed E-state index contributed by atoms with van der Waals surface area (Å²) in [6.07, 6.45) is 4.11. The average molecular weight is 284 g/mol. The van der Waals surface area contributed by atoms with Crippen LogP contribution in [0.1, 0.15) is 36.5 Å². The number of halogens is 1. The first-order chi connectivity index (χ1) is 8.99. The molecule has 1 heterocycles. The summed E-state index contributed by atoms with van der Waals surface area (Å²) < 4.78 is 0. The van der Waals surface area contributed by atoms with Gasteiger partial charge in [-0.2, -0.15) is 0 Å². The van der Waals surface area contributed by atoms with E-state index in [1.807, 2.05) is 0 Å². The molecule has 0 aliphatic heterocycles. The van der Waals surface area contributed by atoms with Crippen molar-refractivity contribution in [3.63, 3.8) is 0 Å². The Kier molecular flexibility index (Phi) is 3.99. The van der Waals surface area contributed by atoms with Gasteiger partial charge in [0.15, 0.2) is 0 Å². The summed E-state index contributed by atoms with van der Waals surface area (Å²) in [6.45, 7) is 2.07. The summed E-state index contributed by atoms with van der Waals surface area (Å²) in [6, 6.07) is 1.26. The average Bonchev–Trinajstić information content (AvgIpc) is 2.75. The van der Waals surface area contributed by atoms with Crippen LogP contribution >= 0.6 is 11.6 Å². The molecular formula is C12H14ClN3O3.